The van der Waals surface area contributed by atoms with Crippen LogP contribution in [0.4, 0.5) is 0 Å². The van der Waals surface area contributed by atoms with Crippen molar-refractivity contribution < 1.29 is 9.47 Å². The van der Waals surface area contributed by atoms with Crippen LogP contribution >= 0.6 is 11.6 Å². The van der Waals surface area contributed by atoms with Gasteiger partial charge in [0.1, 0.15) is 11.5 Å². The lowest BCUT2D eigenvalue weighted by molar-refractivity contribution is 0.217. The van der Waals surface area contributed by atoms with Gasteiger partial charge in [-0.1, -0.05) is 35.9 Å². The average Bonchev–Trinajstić information content (AvgIpc) is 2.53. The highest BCUT2D eigenvalue weighted by Crippen LogP contribution is 2.34. The van der Waals surface area contributed by atoms with Crippen LogP contribution in [0.2, 0.25) is 0 Å². The first-order chi connectivity index (χ1) is 10.3. The Morgan fingerprint density at radius 1 is 1.24 bits per heavy atom. The Balaban J connectivity index is 1.74. The van der Waals surface area contributed by atoms with Gasteiger partial charge in [0.05, 0.1) is 19.1 Å². The lowest BCUT2D eigenvalue weighted by atomic mass is 9.94. The first-order valence-electron chi connectivity index (χ1n) is 7.28. The van der Waals surface area contributed by atoms with E-state index in [-0.39, 0.29) is 0 Å². The molecule has 0 radical (unpaired) electrons. The molecule has 21 heavy (non-hydrogen) atoms. The van der Waals surface area contributed by atoms with Gasteiger partial charge >= 0.3 is 0 Å². The second kappa shape index (κ2) is 6.40. The molecule has 2 aromatic rings. The molecular weight excluding hydrogens is 284 g/mol. The minimum Gasteiger partial charge on any atom is -0.493 e. The molecule has 1 atom stereocenters. The number of hydrogen-bond donors (Lipinski definition) is 0. The van der Waals surface area contributed by atoms with Crippen molar-refractivity contribution >= 4 is 11.6 Å². The zero-order valence-corrected chi connectivity index (χ0v) is 12.9. The summed E-state index contributed by atoms with van der Waals surface area (Å²) in [7, 11) is 0. The third kappa shape index (κ3) is 3.16. The molecule has 0 saturated carbocycles. The van der Waals surface area contributed by atoms with Crippen LogP contribution in [0.5, 0.6) is 11.5 Å². The third-order valence-electron chi connectivity index (χ3n) is 3.88. The fourth-order valence-corrected chi connectivity index (χ4v) is 2.94. The first-order valence-corrected chi connectivity index (χ1v) is 7.81. The van der Waals surface area contributed by atoms with Crippen molar-refractivity contribution in [1.82, 2.24) is 0 Å². The van der Waals surface area contributed by atoms with Gasteiger partial charge < -0.3 is 9.47 Å². The predicted molar refractivity (Wildman–Crippen MR) is 85.5 cm³/mol. The van der Waals surface area contributed by atoms with Gasteiger partial charge in [0.15, 0.2) is 0 Å². The molecule has 0 spiro atoms. The molecular formula is C18H19ClO2. The number of aryl methyl sites for hydroxylation is 1. The quantitative estimate of drug-likeness (QED) is 0.764. The van der Waals surface area contributed by atoms with Gasteiger partial charge in [0.2, 0.25) is 0 Å². The highest BCUT2D eigenvalue weighted by atomic mass is 35.5. The molecule has 3 heteroatoms. The smallest absolute Gasteiger partial charge is 0.123 e. The number of rotatable bonds is 4. The molecule has 2 nitrogen and oxygen atoms in total. The van der Waals surface area contributed by atoms with Gasteiger partial charge in [-0.05, 0) is 25.5 Å². The number of hydrogen-bond acceptors (Lipinski definition) is 2. The lowest BCUT2D eigenvalue weighted by Crippen LogP contribution is -2.19. The molecule has 2 aromatic carbocycles. The van der Waals surface area contributed by atoms with Crippen LogP contribution in [-0.4, -0.2) is 13.2 Å². The van der Waals surface area contributed by atoms with Crippen molar-refractivity contribution in [1.29, 1.82) is 0 Å². The van der Waals surface area contributed by atoms with E-state index in [0.717, 1.165) is 30.1 Å². The standard InChI is InChI=1S/C18H19ClO2/c1-13-6-7-17(15(10-13)11-19)21-12-14-8-9-20-18-5-3-2-4-16(14)18/h2-7,10,14H,8-9,11-12H2,1H3. The first kappa shape index (κ1) is 14.3. The summed E-state index contributed by atoms with van der Waals surface area (Å²) in [6, 6.07) is 14.4. The van der Waals surface area contributed by atoms with Crippen LogP contribution in [0.25, 0.3) is 0 Å². The van der Waals surface area contributed by atoms with Crippen molar-refractivity contribution in [3.63, 3.8) is 0 Å². The topological polar surface area (TPSA) is 18.5 Å². The number of halogens is 1. The molecule has 3 rings (SSSR count). The second-order valence-corrected chi connectivity index (χ2v) is 5.69. The zero-order chi connectivity index (χ0) is 14.7. The van der Waals surface area contributed by atoms with E-state index >= 15 is 0 Å². The fourth-order valence-electron chi connectivity index (χ4n) is 2.73. The van der Waals surface area contributed by atoms with E-state index in [2.05, 4.69) is 31.2 Å². The summed E-state index contributed by atoms with van der Waals surface area (Å²) < 4.78 is 11.7. The summed E-state index contributed by atoms with van der Waals surface area (Å²) in [6.07, 6.45) is 0.985. The zero-order valence-electron chi connectivity index (χ0n) is 12.1. The van der Waals surface area contributed by atoms with Gasteiger partial charge in [-0.25, -0.2) is 0 Å². The monoisotopic (exact) mass is 302 g/mol. The summed E-state index contributed by atoms with van der Waals surface area (Å²) in [5, 5.41) is 0. The van der Waals surface area contributed by atoms with E-state index in [0.29, 0.717) is 18.4 Å². The molecule has 0 aliphatic carbocycles. The van der Waals surface area contributed by atoms with E-state index in [1.165, 1.54) is 11.1 Å². The van der Waals surface area contributed by atoms with E-state index in [9.17, 15) is 0 Å². The van der Waals surface area contributed by atoms with Crippen LogP contribution in [-0.2, 0) is 5.88 Å². The van der Waals surface area contributed by atoms with Crippen molar-refractivity contribution in [2.24, 2.45) is 0 Å². The van der Waals surface area contributed by atoms with Crippen molar-refractivity contribution in [2.75, 3.05) is 13.2 Å². The molecule has 0 amide bonds. The Bertz CT molecular complexity index is 624. The lowest BCUT2D eigenvalue weighted by Gasteiger charge is -2.26. The van der Waals surface area contributed by atoms with Crippen LogP contribution in [0.15, 0.2) is 42.5 Å². The van der Waals surface area contributed by atoms with E-state index < -0.39 is 0 Å². The number of ether oxygens (including phenoxy) is 2. The Labute approximate surface area is 130 Å². The number of alkyl halides is 1. The maximum Gasteiger partial charge on any atom is 0.123 e. The largest absolute Gasteiger partial charge is 0.493 e. The Hall–Kier alpha value is -1.67. The predicted octanol–water partition coefficient (Wildman–Crippen LogP) is 4.68. The van der Waals surface area contributed by atoms with Gasteiger partial charge in [0.25, 0.3) is 0 Å². The summed E-state index contributed by atoms with van der Waals surface area (Å²) in [5.74, 6) is 2.72. The molecule has 0 fully saturated rings. The number of benzene rings is 2. The minimum atomic E-state index is 0.374. The van der Waals surface area contributed by atoms with Crippen LogP contribution in [0.1, 0.15) is 29.0 Å². The van der Waals surface area contributed by atoms with Gasteiger partial charge in [0, 0.05) is 17.0 Å². The minimum absolute atomic E-state index is 0.374. The van der Waals surface area contributed by atoms with E-state index in [4.69, 9.17) is 21.1 Å². The van der Waals surface area contributed by atoms with E-state index in [1.54, 1.807) is 0 Å². The Morgan fingerprint density at radius 3 is 2.95 bits per heavy atom. The second-order valence-electron chi connectivity index (χ2n) is 5.43. The Morgan fingerprint density at radius 2 is 2.10 bits per heavy atom. The maximum atomic E-state index is 6.04. The van der Waals surface area contributed by atoms with Gasteiger partial charge in [-0.2, -0.15) is 0 Å². The molecule has 0 bridgehead atoms. The number of fused-ring (bicyclic) bond motifs is 1. The molecule has 110 valence electrons. The highest BCUT2D eigenvalue weighted by molar-refractivity contribution is 6.17. The highest BCUT2D eigenvalue weighted by Gasteiger charge is 2.21. The van der Waals surface area contributed by atoms with Crippen LogP contribution in [0.3, 0.4) is 0 Å². The molecule has 0 saturated heterocycles. The average molecular weight is 303 g/mol. The fraction of sp³-hybridized carbons (Fsp3) is 0.333. The van der Waals surface area contributed by atoms with Crippen molar-refractivity contribution in [3.8, 4) is 11.5 Å². The molecule has 1 heterocycles. The summed E-state index contributed by atoms with van der Waals surface area (Å²) >= 11 is 6.01. The molecule has 1 aliphatic heterocycles. The number of para-hydroxylation sites is 1. The van der Waals surface area contributed by atoms with Crippen molar-refractivity contribution in [2.45, 2.75) is 25.1 Å². The van der Waals surface area contributed by atoms with Crippen LogP contribution in [0, 0.1) is 6.92 Å². The molecule has 1 unspecified atom stereocenters. The summed E-state index contributed by atoms with van der Waals surface area (Å²) in [6.45, 7) is 3.48. The van der Waals surface area contributed by atoms with Crippen molar-refractivity contribution in [3.05, 3.63) is 59.2 Å². The Kier molecular flexibility index (Phi) is 4.35. The molecule has 0 aromatic heterocycles. The normalized spacial score (nSPS) is 17.0. The third-order valence-corrected chi connectivity index (χ3v) is 4.17. The molecule has 1 aliphatic rings. The van der Waals surface area contributed by atoms with Gasteiger partial charge in [-0.15, -0.1) is 11.6 Å². The summed E-state index contributed by atoms with van der Waals surface area (Å²) in [4.78, 5) is 0. The maximum absolute atomic E-state index is 6.04. The summed E-state index contributed by atoms with van der Waals surface area (Å²) in [5.41, 5.74) is 3.50. The van der Waals surface area contributed by atoms with Gasteiger partial charge in [-0.3, -0.25) is 0 Å². The SMILES string of the molecule is Cc1ccc(OCC2CCOc3ccccc32)c(CCl)c1. The molecule has 0 N–H and O–H groups in total. The van der Waals surface area contributed by atoms with E-state index in [1.807, 2.05) is 18.2 Å². The van der Waals surface area contributed by atoms with Crippen LogP contribution < -0.4 is 9.47 Å².